The zero-order valence-corrected chi connectivity index (χ0v) is 13.8. The predicted molar refractivity (Wildman–Crippen MR) is 98.0 cm³/mol. The number of amides is 1. The maximum atomic E-state index is 11.8. The average Bonchev–Trinajstić information content (AvgIpc) is 2.61. The highest BCUT2D eigenvalue weighted by Gasteiger charge is 2.03. The SMILES string of the molecule is Cc1ccc(/C=N/NC(=O)COc2ccc3ccccc3c2)c(O)c1. The normalized spacial score (nSPS) is 10.9. The van der Waals surface area contributed by atoms with Gasteiger partial charge in [0.15, 0.2) is 6.61 Å². The quantitative estimate of drug-likeness (QED) is 0.555. The van der Waals surface area contributed by atoms with Crippen LogP contribution in [-0.4, -0.2) is 23.8 Å². The molecule has 0 spiro atoms. The molecule has 0 radical (unpaired) electrons. The molecule has 0 saturated heterocycles. The van der Waals surface area contributed by atoms with Gasteiger partial charge in [-0.15, -0.1) is 0 Å². The van der Waals surface area contributed by atoms with Crippen molar-refractivity contribution in [2.24, 2.45) is 5.10 Å². The van der Waals surface area contributed by atoms with E-state index in [4.69, 9.17) is 4.74 Å². The maximum Gasteiger partial charge on any atom is 0.277 e. The Labute approximate surface area is 145 Å². The van der Waals surface area contributed by atoms with E-state index >= 15 is 0 Å². The van der Waals surface area contributed by atoms with Crippen LogP contribution in [0.4, 0.5) is 0 Å². The van der Waals surface area contributed by atoms with Crippen LogP contribution >= 0.6 is 0 Å². The van der Waals surface area contributed by atoms with E-state index in [0.29, 0.717) is 11.3 Å². The van der Waals surface area contributed by atoms with E-state index in [-0.39, 0.29) is 18.3 Å². The summed E-state index contributed by atoms with van der Waals surface area (Å²) in [7, 11) is 0. The highest BCUT2D eigenvalue weighted by molar-refractivity contribution is 5.86. The lowest BCUT2D eigenvalue weighted by atomic mass is 10.1. The summed E-state index contributed by atoms with van der Waals surface area (Å²) in [5.74, 6) is 0.357. The Morgan fingerprint density at radius 2 is 1.92 bits per heavy atom. The number of aryl methyl sites for hydroxylation is 1. The molecule has 5 nitrogen and oxygen atoms in total. The van der Waals surface area contributed by atoms with Crippen molar-refractivity contribution in [3.05, 3.63) is 71.8 Å². The van der Waals surface area contributed by atoms with Crippen LogP contribution in [-0.2, 0) is 4.79 Å². The Morgan fingerprint density at radius 1 is 1.12 bits per heavy atom. The summed E-state index contributed by atoms with van der Waals surface area (Å²) in [5.41, 5.74) is 3.85. The highest BCUT2D eigenvalue weighted by atomic mass is 16.5. The minimum atomic E-state index is -0.379. The van der Waals surface area contributed by atoms with Gasteiger partial charge in [0, 0.05) is 5.56 Å². The van der Waals surface area contributed by atoms with Crippen LogP contribution in [0.1, 0.15) is 11.1 Å². The summed E-state index contributed by atoms with van der Waals surface area (Å²) in [6.45, 7) is 1.74. The third-order valence-electron chi connectivity index (χ3n) is 3.67. The van der Waals surface area contributed by atoms with E-state index < -0.39 is 0 Å². The van der Waals surface area contributed by atoms with Crippen molar-refractivity contribution in [3.8, 4) is 11.5 Å². The lowest BCUT2D eigenvalue weighted by Crippen LogP contribution is -2.24. The van der Waals surface area contributed by atoms with Gasteiger partial charge in [-0.2, -0.15) is 5.10 Å². The molecule has 0 saturated carbocycles. The first-order chi connectivity index (χ1) is 12.1. The van der Waals surface area contributed by atoms with Crippen molar-refractivity contribution in [2.45, 2.75) is 6.92 Å². The van der Waals surface area contributed by atoms with Gasteiger partial charge in [0.2, 0.25) is 0 Å². The molecule has 0 aliphatic rings. The number of phenols is 1. The van der Waals surface area contributed by atoms with Crippen LogP contribution in [0.2, 0.25) is 0 Å². The van der Waals surface area contributed by atoms with Crippen LogP contribution in [0.5, 0.6) is 11.5 Å². The molecule has 0 aliphatic heterocycles. The Bertz CT molecular complexity index is 935. The lowest BCUT2D eigenvalue weighted by Gasteiger charge is -2.06. The van der Waals surface area contributed by atoms with E-state index in [9.17, 15) is 9.90 Å². The summed E-state index contributed by atoms with van der Waals surface area (Å²) < 4.78 is 5.48. The van der Waals surface area contributed by atoms with Gasteiger partial charge in [0.25, 0.3) is 5.91 Å². The predicted octanol–water partition coefficient (Wildman–Crippen LogP) is 3.38. The number of benzene rings is 3. The molecule has 25 heavy (non-hydrogen) atoms. The first-order valence-electron chi connectivity index (χ1n) is 7.85. The Kier molecular flexibility index (Phi) is 4.95. The first kappa shape index (κ1) is 16.5. The molecule has 0 bridgehead atoms. The van der Waals surface area contributed by atoms with Crippen LogP contribution < -0.4 is 10.2 Å². The molecular formula is C20H18N2O3. The number of hydrogen-bond donors (Lipinski definition) is 2. The number of fused-ring (bicyclic) bond motifs is 1. The second-order valence-corrected chi connectivity index (χ2v) is 5.65. The molecule has 0 fully saturated rings. The van der Waals surface area contributed by atoms with Crippen molar-refractivity contribution in [1.82, 2.24) is 5.43 Å². The van der Waals surface area contributed by atoms with E-state index in [2.05, 4.69) is 10.5 Å². The van der Waals surface area contributed by atoms with E-state index in [1.54, 1.807) is 12.1 Å². The molecule has 5 heteroatoms. The van der Waals surface area contributed by atoms with Gasteiger partial charge in [-0.1, -0.05) is 36.4 Å². The number of aromatic hydroxyl groups is 1. The van der Waals surface area contributed by atoms with E-state index in [1.807, 2.05) is 55.5 Å². The fourth-order valence-electron chi connectivity index (χ4n) is 2.38. The molecule has 3 aromatic carbocycles. The second-order valence-electron chi connectivity index (χ2n) is 5.65. The van der Waals surface area contributed by atoms with Crippen molar-refractivity contribution >= 4 is 22.9 Å². The summed E-state index contributed by atoms with van der Waals surface area (Å²) in [6, 6.07) is 18.8. The largest absolute Gasteiger partial charge is 0.507 e. The summed E-state index contributed by atoms with van der Waals surface area (Å²) >= 11 is 0. The monoisotopic (exact) mass is 334 g/mol. The fourth-order valence-corrected chi connectivity index (χ4v) is 2.38. The molecule has 126 valence electrons. The van der Waals surface area contributed by atoms with Crippen molar-refractivity contribution in [2.75, 3.05) is 6.61 Å². The van der Waals surface area contributed by atoms with Gasteiger partial charge in [-0.05, 0) is 47.5 Å². The van der Waals surface area contributed by atoms with Crippen molar-refractivity contribution in [3.63, 3.8) is 0 Å². The average molecular weight is 334 g/mol. The van der Waals surface area contributed by atoms with Crippen molar-refractivity contribution < 1.29 is 14.6 Å². The number of carbonyl (C=O) groups excluding carboxylic acids is 1. The van der Waals surface area contributed by atoms with Crippen LogP contribution in [0.3, 0.4) is 0 Å². The third kappa shape index (κ3) is 4.35. The minimum Gasteiger partial charge on any atom is -0.507 e. The number of hydrogen-bond acceptors (Lipinski definition) is 4. The number of nitrogens with one attached hydrogen (secondary N) is 1. The summed E-state index contributed by atoms with van der Waals surface area (Å²) in [6.07, 6.45) is 1.39. The Balaban J connectivity index is 1.54. The molecular weight excluding hydrogens is 316 g/mol. The van der Waals surface area contributed by atoms with Crippen LogP contribution in [0.25, 0.3) is 10.8 Å². The van der Waals surface area contributed by atoms with Gasteiger partial charge in [-0.3, -0.25) is 4.79 Å². The second kappa shape index (κ2) is 7.49. The van der Waals surface area contributed by atoms with Crippen LogP contribution in [0.15, 0.2) is 65.8 Å². The summed E-state index contributed by atoms with van der Waals surface area (Å²) in [5, 5.41) is 15.8. The molecule has 2 N–H and O–H groups in total. The molecule has 3 rings (SSSR count). The van der Waals surface area contributed by atoms with Gasteiger partial charge in [0.05, 0.1) is 6.21 Å². The number of phenolic OH excluding ortho intramolecular Hbond substituents is 1. The molecule has 1 amide bonds. The Hall–Kier alpha value is -3.34. The zero-order chi connectivity index (χ0) is 17.6. The summed E-state index contributed by atoms with van der Waals surface area (Å²) in [4.78, 5) is 11.8. The fraction of sp³-hybridized carbons (Fsp3) is 0.100. The first-order valence-corrected chi connectivity index (χ1v) is 7.85. The Morgan fingerprint density at radius 3 is 2.72 bits per heavy atom. The van der Waals surface area contributed by atoms with Gasteiger partial charge in [-0.25, -0.2) is 5.43 Å². The molecule has 3 aromatic rings. The topological polar surface area (TPSA) is 70.9 Å². The molecule has 0 atom stereocenters. The third-order valence-corrected chi connectivity index (χ3v) is 3.67. The van der Waals surface area contributed by atoms with E-state index in [1.165, 1.54) is 6.21 Å². The minimum absolute atomic E-state index is 0.116. The number of nitrogens with zero attached hydrogens (tertiary/aromatic N) is 1. The van der Waals surface area contributed by atoms with Gasteiger partial charge in [0.1, 0.15) is 11.5 Å². The lowest BCUT2D eigenvalue weighted by molar-refractivity contribution is -0.123. The highest BCUT2D eigenvalue weighted by Crippen LogP contribution is 2.20. The maximum absolute atomic E-state index is 11.8. The molecule has 0 aliphatic carbocycles. The van der Waals surface area contributed by atoms with Gasteiger partial charge >= 0.3 is 0 Å². The number of hydrazone groups is 1. The molecule has 0 heterocycles. The number of ether oxygens (including phenoxy) is 1. The smallest absolute Gasteiger partial charge is 0.277 e. The molecule has 0 aromatic heterocycles. The van der Waals surface area contributed by atoms with E-state index in [0.717, 1.165) is 16.3 Å². The van der Waals surface area contributed by atoms with Gasteiger partial charge < -0.3 is 9.84 Å². The number of carbonyl (C=O) groups is 1. The van der Waals surface area contributed by atoms with Crippen LogP contribution in [0, 0.1) is 6.92 Å². The number of rotatable bonds is 5. The standard InChI is InChI=1S/C20H18N2O3/c1-14-6-7-17(19(23)10-14)12-21-22-20(24)13-25-18-9-8-15-4-2-3-5-16(15)11-18/h2-12,23H,13H2,1H3,(H,22,24)/b21-12+. The van der Waals surface area contributed by atoms with Crippen molar-refractivity contribution in [1.29, 1.82) is 0 Å². The zero-order valence-electron chi connectivity index (χ0n) is 13.8. The molecule has 0 unspecified atom stereocenters.